The van der Waals surface area contributed by atoms with Gasteiger partial charge in [0.15, 0.2) is 0 Å². The quantitative estimate of drug-likeness (QED) is 0.486. The smallest absolute Gasteiger partial charge is 0.337 e. The highest BCUT2D eigenvalue weighted by atomic mass is 19.1. The third-order valence-electron chi connectivity index (χ3n) is 4.41. The maximum absolute atomic E-state index is 14.5. The largest absolute Gasteiger partial charge is 0.507 e. The first kappa shape index (κ1) is 15.9. The van der Waals surface area contributed by atoms with Crippen molar-refractivity contribution in [3.8, 4) is 28.0 Å². The number of hydrogen-bond acceptors (Lipinski definition) is 2. The molecule has 5 heteroatoms. The summed E-state index contributed by atoms with van der Waals surface area (Å²) in [6, 6.07) is 16.9. The molecule has 0 aliphatic carbocycles. The molecule has 0 aliphatic rings. The Morgan fingerprint density at radius 2 is 1.58 bits per heavy atom. The van der Waals surface area contributed by atoms with Gasteiger partial charge in [-0.15, -0.1) is 0 Å². The van der Waals surface area contributed by atoms with Crippen LogP contribution in [0.5, 0.6) is 5.75 Å². The molecule has 0 saturated heterocycles. The summed E-state index contributed by atoms with van der Waals surface area (Å²) < 4.78 is 14.5. The normalized spacial score (nSPS) is 11.0. The summed E-state index contributed by atoms with van der Waals surface area (Å²) in [5, 5.41) is 19.7. The fourth-order valence-corrected chi connectivity index (χ4v) is 3.09. The van der Waals surface area contributed by atoms with Crippen molar-refractivity contribution in [2.24, 2.45) is 0 Å². The lowest BCUT2D eigenvalue weighted by molar-refractivity contribution is 0.0699. The Morgan fingerprint density at radius 1 is 0.923 bits per heavy atom. The summed E-state index contributed by atoms with van der Waals surface area (Å²) >= 11 is 0. The van der Waals surface area contributed by atoms with Gasteiger partial charge in [0, 0.05) is 28.2 Å². The molecular weight excluding hydrogens is 333 g/mol. The van der Waals surface area contributed by atoms with Crippen LogP contribution in [-0.2, 0) is 0 Å². The molecule has 26 heavy (non-hydrogen) atoms. The molecule has 128 valence electrons. The number of H-pyrrole nitrogens is 1. The third-order valence-corrected chi connectivity index (χ3v) is 4.41. The van der Waals surface area contributed by atoms with Crippen molar-refractivity contribution in [3.05, 3.63) is 78.2 Å². The van der Waals surface area contributed by atoms with Gasteiger partial charge in [-0.1, -0.05) is 42.5 Å². The van der Waals surface area contributed by atoms with Crippen LogP contribution in [0.1, 0.15) is 10.4 Å². The topological polar surface area (TPSA) is 73.3 Å². The van der Waals surface area contributed by atoms with Crippen molar-refractivity contribution in [2.75, 3.05) is 0 Å². The van der Waals surface area contributed by atoms with E-state index in [0.29, 0.717) is 27.6 Å². The average molecular weight is 347 g/mol. The summed E-state index contributed by atoms with van der Waals surface area (Å²) in [6.07, 6.45) is 1.36. The number of nitrogens with one attached hydrogen (secondary N) is 1. The lowest BCUT2D eigenvalue weighted by atomic mass is 9.98. The van der Waals surface area contributed by atoms with Gasteiger partial charge in [-0.25, -0.2) is 9.18 Å². The van der Waals surface area contributed by atoms with Gasteiger partial charge in [0.2, 0.25) is 0 Å². The molecule has 4 aromatic rings. The van der Waals surface area contributed by atoms with Gasteiger partial charge in [-0.2, -0.15) is 0 Å². The van der Waals surface area contributed by atoms with E-state index < -0.39 is 11.8 Å². The number of carbonyl (C=O) groups is 1. The highest BCUT2D eigenvalue weighted by molar-refractivity contribution is 6.04. The van der Waals surface area contributed by atoms with Crippen LogP contribution in [0.25, 0.3) is 33.2 Å². The molecule has 0 unspecified atom stereocenters. The summed E-state index contributed by atoms with van der Waals surface area (Å²) in [7, 11) is 0. The van der Waals surface area contributed by atoms with E-state index in [4.69, 9.17) is 0 Å². The number of aromatic nitrogens is 1. The first-order valence-corrected chi connectivity index (χ1v) is 7.97. The van der Waals surface area contributed by atoms with E-state index in [1.807, 2.05) is 6.07 Å². The van der Waals surface area contributed by atoms with Crippen molar-refractivity contribution in [3.63, 3.8) is 0 Å². The number of aromatic hydroxyl groups is 1. The second-order valence-electron chi connectivity index (χ2n) is 5.98. The van der Waals surface area contributed by atoms with E-state index in [9.17, 15) is 19.4 Å². The van der Waals surface area contributed by atoms with E-state index in [2.05, 4.69) is 4.98 Å². The number of carboxylic acid groups (broad SMARTS) is 1. The summed E-state index contributed by atoms with van der Waals surface area (Å²) in [5.74, 6) is -1.33. The van der Waals surface area contributed by atoms with Crippen LogP contribution >= 0.6 is 0 Å². The highest BCUT2D eigenvalue weighted by Gasteiger charge is 2.15. The lowest BCUT2D eigenvalue weighted by Crippen LogP contribution is -1.94. The number of phenols is 1. The van der Waals surface area contributed by atoms with Crippen molar-refractivity contribution >= 4 is 16.9 Å². The van der Waals surface area contributed by atoms with Crippen molar-refractivity contribution in [1.82, 2.24) is 4.98 Å². The number of phenolic OH excluding ortho intramolecular Hbond substituents is 1. The minimum absolute atomic E-state index is 0.104. The molecule has 3 N–H and O–H groups in total. The number of halogens is 1. The lowest BCUT2D eigenvalue weighted by Gasteiger charge is -2.08. The van der Waals surface area contributed by atoms with Crippen molar-refractivity contribution in [2.45, 2.75) is 0 Å². The van der Waals surface area contributed by atoms with Gasteiger partial charge in [0.05, 0.1) is 5.56 Å². The molecule has 0 atom stereocenters. The number of fused-ring (bicyclic) bond motifs is 1. The van der Waals surface area contributed by atoms with Crippen LogP contribution in [0.3, 0.4) is 0 Å². The second kappa shape index (κ2) is 6.04. The van der Waals surface area contributed by atoms with Crippen molar-refractivity contribution < 1.29 is 19.4 Å². The molecule has 0 aliphatic heterocycles. The Balaban J connectivity index is 1.80. The van der Waals surface area contributed by atoms with Gasteiger partial charge < -0.3 is 15.2 Å². The molecule has 0 amide bonds. The Labute approximate surface area is 148 Å². The molecule has 3 aromatic carbocycles. The summed E-state index contributed by atoms with van der Waals surface area (Å²) in [6.45, 7) is 0. The van der Waals surface area contributed by atoms with Gasteiger partial charge in [-0.3, -0.25) is 0 Å². The van der Waals surface area contributed by atoms with Crippen LogP contribution in [0, 0.1) is 5.82 Å². The molecule has 0 bridgehead atoms. The SMILES string of the molecule is O=C(O)c1c[nH]c2cc(F)c(-c3ccc(-c4ccccc4O)cc3)cc12. The maximum Gasteiger partial charge on any atom is 0.337 e. The molecule has 4 nitrogen and oxygen atoms in total. The molecule has 0 radical (unpaired) electrons. The van der Waals surface area contributed by atoms with E-state index in [1.165, 1.54) is 12.3 Å². The molecule has 1 aromatic heterocycles. The molecule has 1 heterocycles. The average Bonchev–Trinajstić information content (AvgIpc) is 3.04. The fourth-order valence-electron chi connectivity index (χ4n) is 3.09. The zero-order chi connectivity index (χ0) is 18.3. The fraction of sp³-hybridized carbons (Fsp3) is 0. The maximum atomic E-state index is 14.5. The predicted molar refractivity (Wildman–Crippen MR) is 97.8 cm³/mol. The second-order valence-corrected chi connectivity index (χ2v) is 5.98. The number of carboxylic acids is 1. The first-order chi connectivity index (χ1) is 12.5. The van der Waals surface area contributed by atoms with Crippen molar-refractivity contribution in [1.29, 1.82) is 0 Å². The molecular formula is C21H14FNO3. The monoisotopic (exact) mass is 347 g/mol. The zero-order valence-electron chi connectivity index (χ0n) is 13.5. The highest BCUT2D eigenvalue weighted by Crippen LogP contribution is 2.33. The van der Waals surface area contributed by atoms with E-state index in [0.717, 1.165) is 5.56 Å². The van der Waals surface area contributed by atoms with E-state index in [-0.39, 0.29) is 11.3 Å². The number of aromatic amines is 1. The van der Waals surface area contributed by atoms with Crippen LogP contribution in [0.15, 0.2) is 66.9 Å². The standard InChI is InChI=1S/C21H14FNO3/c22-18-10-19-16(17(11-23-19)21(25)26)9-15(18)13-7-5-12(6-8-13)14-3-1-2-4-20(14)24/h1-11,23-24H,(H,25,26). The van der Waals surface area contributed by atoms with Crippen LogP contribution in [-0.4, -0.2) is 21.2 Å². The number of para-hydroxylation sites is 1. The Morgan fingerprint density at radius 3 is 2.23 bits per heavy atom. The minimum atomic E-state index is -1.07. The third kappa shape index (κ3) is 2.59. The summed E-state index contributed by atoms with van der Waals surface area (Å²) in [4.78, 5) is 14.1. The number of hydrogen-bond donors (Lipinski definition) is 3. The van der Waals surface area contributed by atoms with Gasteiger partial charge >= 0.3 is 5.97 Å². The predicted octanol–water partition coefficient (Wildman–Crippen LogP) is 5.04. The zero-order valence-corrected chi connectivity index (χ0v) is 13.5. The molecule has 0 spiro atoms. The van der Waals surface area contributed by atoms with Crippen LogP contribution in [0.4, 0.5) is 4.39 Å². The van der Waals surface area contributed by atoms with E-state index in [1.54, 1.807) is 48.5 Å². The van der Waals surface area contributed by atoms with Gasteiger partial charge in [-0.05, 0) is 29.3 Å². The Bertz CT molecular complexity index is 1130. The minimum Gasteiger partial charge on any atom is -0.507 e. The number of benzene rings is 3. The molecule has 0 fully saturated rings. The van der Waals surface area contributed by atoms with E-state index >= 15 is 0 Å². The first-order valence-electron chi connectivity index (χ1n) is 7.97. The number of rotatable bonds is 3. The van der Waals surface area contributed by atoms with Crippen LogP contribution < -0.4 is 0 Å². The Hall–Kier alpha value is -3.60. The van der Waals surface area contributed by atoms with Crippen LogP contribution in [0.2, 0.25) is 0 Å². The molecule has 4 rings (SSSR count). The number of aromatic carboxylic acids is 1. The van der Waals surface area contributed by atoms with Gasteiger partial charge in [0.1, 0.15) is 11.6 Å². The van der Waals surface area contributed by atoms with Gasteiger partial charge in [0.25, 0.3) is 0 Å². The Kier molecular flexibility index (Phi) is 3.69. The molecule has 0 saturated carbocycles. The summed E-state index contributed by atoms with van der Waals surface area (Å²) in [5.41, 5.74) is 2.99.